The summed E-state index contributed by atoms with van der Waals surface area (Å²) in [6.07, 6.45) is -0.393. The number of aryl methyl sites for hydroxylation is 1. The van der Waals surface area contributed by atoms with Crippen LogP contribution < -0.4 is 9.62 Å². The lowest BCUT2D eigenvalue weighted by molar-refractivity contribution is -0.106. The highest BCUT2D eigenvalue weighted by Crippen LogP contribution is 2.39. The van der Waals surface area contributed by atoms with Crippen LogP contribution in [0.1, 0.15) is 48.0 Å². The van der Waals surface area contributed by atoms with E-state index >= 15 is 0 Å². The summed E-state index contributed by atoms with van der Waals surface area (Å²) in [4.78, 5) is 14.1. The molecule has 0 radical (unpaired) electrons. The number of hydrogen-bond donors (Lipinski definition) is 1. The average Bonchev–Trinajstić information content (AvgIpc) is 3.31. The summed E-state index contributed by atoms with van der Waals surface area (Å²) in [5.74, 6) is -2.77. The molecular weight excluding hydrogens is 549 g/mol. The van der Waals surface area contributed by atoms with Crippen LogP contribution in [0.3, 0.4) is 0 Å². The minimum Gasteiger partial charge on any atom is -0.458 e. The zero-order valence-electron chi connectivity index (χ0n) is 21.0. The zero-order chi connectivity index (χ0) is 27.8. The van der Waals surface area contributed by atoms with Gasteiger partial charge >= 0.3 is 12.1 Å². The predicted molar refractivity (Wildman–Crippen MR) is 136 cm³/mol. The molecule has 0 bridgehead atoms. The molecule has 0 atom stereocenters. The van der Waals surface area contributed by atoms with E-state index in [1.165, 1.54) is 13.2 Å². The largest absolute Gasteiger partial charge is 0.458 e. The highest BCUT2D eigenvalue weighted by molar-refractivity contribution is 7.92. The number of hydrogen-bond acceptors (Lipinski definition) is 11. The Kier molecular flexibility index (Phi) is 10.4. The maximum absolute atomic E-state index is 12.9. The minimum atomic E-state index is -4.92. The third-order valence-electron chi connectivity index (χ3n) is 5.42. The zero-order valence-corrected chi connectivity index (χ0v) is 22.6. The van der Waals surface area contributed by atoms with Gasteiger partial charge in [0.05, 0.1) is 12.3 Å². The number of halogens is 3. The summed E-state index contributed by atoms with van der Waals surface area (Å²) in [6, 6.07) is 3.11. The van der Waals surface area contributed by atoms with Crippen molar-refractivity contribution in [2.45, 2.75) is 45.2 Å². The second-order valence-electron chi connectivity index (χ2n) is 8.49. The summed E-state index contributed by atoms with van der Waals surface area (Å²) in [6.45, 7) is 3.81. The van der Waals surface area contributed by atoms with E-state index in [4.69, 9.17) is 9.47 Å². The molecule has 1 aliphatic rings. The molecule has 1 aromatic heterocycles. The van der Waals surface area contributed by atoms with Crippen molar-refractivity contribution in [1.29, 1.82) is 0 Å². The number of anilines is 2. The molecule has 0 spiro atoms. The minimum absolute atomic E-state index is 0.0179. The number of unbranched alkanes of at least 4 members (excludes halogenated alkanes) is 2. The molecular formula is C22H29F3N6O5S2. The van der Waals surface area contributed by atoms with Crippen LogP contribution >= 0.6 is 11.3 Å². The van der Waals surface area contributed by atoms with Crippen LogP contribution in [0.5, 0.6) is 0 Å². The van der Waals surface area contributed by atoms with Gasteiger partial charge in [0.15, 0.2) is 5.75 Å². The van der Waals surface area contributed by atoms with Crippen molar-refractivity contribution >= 4 is 49.5 Å². The van der Waals surface area contributed by atoms with Crippen molar-refractivity contribution in [3.8, 4) is 0 Å². The van der Waals surface area contributed by atoms with E-state index in [1.54, 1.807) is 6.07 Å². The lowest BCUT2D eigenvalue weighted by atomic mass is 9.99. The lowest BCUT2D eigenvalue weighted by Gasteiger charge is -2.32. The van der Waals surface area contributed by atoms with Gasteiger partial charge in [-0.2, -0.15) is 13.2 Å². The standard InChI is InChI=1S/C22H29F3N6O5S2/c1-3-4-5-8-31-9-6-7-15-12-16(17(13-18(15)31)30-38(33,34)14-22(23,24)25)26-28-21-29-27-19(37-21)20(32)36-11-10-35-2/h12-13,30H,3-11,14H2,1-2H3. The van der Waals surface area contributed by atoms with E-state index in [0.717, 1.165) is 61.4 Å². The number of carbonyl (C=O) groups excluding carboxylic acids is 1. The molecule has 2 heterocycles. The van der Waals surface area contributed by atoms with Gasteiger partial charge in [0.1, 0.15) is 12.3 Å². The van der Waals surface area contributed by atoms with E-state index in [9.17, 15) is 26.4 Å². The number of methoxy groups -OCH3 is 1. The van der Waals surface area contributed by atoms with Gasteiger partial charge in [-0.15, -0.1) is 20.4 Å². The molecule has 0 fully saturated rings. The number of rotatable bonds is 13. The van der Waals surface area contributed by atoms with Crippen molar-refractivity contribution in [2.75, 3.05) is 48.8 Å². The second kappa shape index (κ2) is 13.3. The number of nitrogens with zero attached hydrogens (tertiary/aromatic N) is 5. The van der Waals surface area contributed by atoms with E-state index in [-0.39, 0.29) is 34.7 Å². The van der Waals surface area contributed by atoms with Crippen LogP contribution in [0.4, 0.5) is 35.4 Å². The van der Waals surface area contributed by atoms with Gasteiger partial charge < -0.3 is 14.4 Å². The Balaban J connectivity index is 1.91. The van der Waals surface area contributed by atoms with E-state index in [0.29, 0.717) is 6.42 Å². The fraction of sp³-hybridized carbons (Fsp3) is 0.591. The number of ether oxygens (including phenoxy) is 2. The van der Waals surface area contributed by atoms with Crippen molar-refractivity contribution in [3.05, 3.63) is 22.7 Å². The van der Waals surface area contributed by atoms with Gasteiger partial charge in [0.2, 0.25) is 15.0 Å². The van der Waals surface area contributed by atoms with Crippen molar-refractivity contribution < 1.29 is 35.9 Å². The van der Waals surface area contributed by atoms with Crippen LogP contribution in [-0.2, 0) is 25.9 Å². The Bertz CT molecular complexity index is 1240. The lowest BCUT2D eigenvalue weighted by Crippen LogP contribution is -2.31. The Morgan fingerprint density at radius 2 is 2.00 bits per heavy atom. The molecule has 0 aliphatic carbocycles. The van der Waals surface area contributed by atoms with Crippen LogP contribution in [0.2, 0.25) is 0 Å². The van der Waals surface area contributed by atoms with E-state index in [1.807, 2.05) is 4.72 Å². The van der Waals surface area contributed by atoms with Gasteiger partial charge in [-0.1, -0.05) is 31.1 Å². The number of fused-ring (bicyclic) bond motifs is 1. The topological polar surface area (TPSA) is 135 Å². The number of benzene rings is 1. The maximum Gasteiger partial charge on any atom is 0.404 e. The summed E-state index contributed by atoms with van der Waals surface area (Å²) in [5, 5.41) is 15.3. The molecule has 0 saturated heterocycles. The predicted octanol–water partition coefficient (Wildman–Crippen LogP) is 5.00. The maximum atomic E-state index is 12.9. The molecule has 2 aromatic rings. The third-order valence-corrected chi connectivity index (χ3v) is 7.44. The second-order valence-corrected chi connectivity index (χ2v) is 11.2. The Hall–Kier alpha value is -2.85. The smallest absolute Gasteiger partial charge is 0.404 e. The highest BCUT2D eigenvalue weighted by Gasteiger charge is 2.35. The Labute approximate surface area is 222 Å². The summed E-state index contributed by atoms with van der Waals surface area (Å²) in [7, 11) is -3.32. The quantitative estimate of drug-likeness (QED) is 0.199. The molecule has 0 amide bonds. The first-order valence-corrected chi connectivity index (χ1v) is 14.4. The van der Waals surface area contributed by atoms with E-state index in [2.05, 4.69) is 32.2 Å². The normalized spacial score (nSPS) is 14.1. The summed E-state index contributed by atoms with van der Waals surface area (Å²) in [5.41, 5.74) is 1.50. The number of azo groups is 1. The Morgan fingerprint density at radius 3 is 2.71 bits per heavy atom. The Morgan fingerprint density at radius 1 is 1.21 bits per heavy atom. The van der Waals surface area contributed by atoms with Gasteiger partial charge in [-0.05, 0) is 37.0 Å². The number of sulfonamides is 1. The fourth-order valence-corrected chi connectivity index (χ4v) is 5.34. The first-order chi connectivity index (χ1) is 18.0. The molecule has 0 saturated carbocycles. The number of aromatic nitrogens is 2. The molecule has 38 heavy (non-hydrogen) atoms. The van der Waals surface area contributed by atoms with Crippen molar-refractivity contribution in [1.82, 2.24) is 10.2 Å². The van der Waals surface area contributed by atoms with Crippen LogP contribution in [0.25, 0.3) is 0 Å². The fourth-order valence-electron chi connectivity index (χ4n) is 3.78. The first kappa shape index (κ1) is 29.7. The molecule has 0 unspecified atom stereocenters. The summed E-state index contributed by atoms with van der Waals surface area (Å²) >= 11 is 0.792. The van der Waals surface area contributed by atoms with Gasteiger partial charge in [-0.3, -0.25) is 4.72 Å². The molecule has 1 N–H and O–H groups in total. The molecule has 1 aromatic carbocycles. The molecule has 16 heteroatoms. The first-order valence-electron chi connectivity index (χ1n) is 11.9. The number of nitrogens with one attached hydrogen (secondary N) is 1. The van der Waals surface area contributed by atoms with Gasteiger partial charge in [-0.25, -0.2) is 13.2 Å². The van der Waals surface area contributed by atoms with Gasteiger partial charge in [0.25, 0.3) is 5.13 Å². The van der Waals surface area contributed by atoms with Crippen LogP contribution in [0.15, 0.2) is 22.4 Å². The number of alkyl halides is 3. The molecule has 210 valence electrons. The highest BCUT2D eigenvalue weighted by atomic mass is 32.2. The molecule has 1 aliphatic heterocycles. The van der Waals surface area contributed by atoms with E-state index < -0.39 is 27.9 Å². The SMILES string of the molecule is CCCCCN1CCCc2cc(N=Nc3nnc(C(=O)OCCOC)s3)c(NS(=O)(=O)CC(F)(F)F)cc21. The molecule has 11 nitrogen and oxygen atoms in total. The number of carbonyl (C=O) groups is 1. The van der Waals surface area contributed by atoms with Gasteiger partial charge in [0, 0.05) is 25.9 Å². The summed E-state index contributed by atoms with van der Waals surface area (Å²) < 4.78 is 75.0. The van der Waals surface area contributed by atoms with Crippen molar-refractivity contribution in [2.24, 2.45) is 10.2 Å². The van der Waals surface area contributed by atoms with Crippen LogP contribution in [0, 0.1) is 0 Å². The average molecular weight is 579 g/mol. The monoisotopic (exact) mass is 578 g/mol. The molecule has 3 rings (SSSR count). The van der Waals surface area contributed by atoms with Crippen LogP contribution in [-0.4, -0.2) is 69.9 Å². The van der Waals surface area contributed by atoms with Crippen molar-refractivity contribution in [3.63, 3.8) is 0 Å². The third kappa shape index (κ3) is 8.87. The number of esters is 1.